The lowest BCUT2D eigenvalue weighted by Crippen LogP contribution is -2.68. The molecular weight excluding hydrogens is 354 g/mol. The number of alkyl halides is 2. The van der Waals surface area contributed by atoms with E-state index in [1.165, 1.54) is 0 Å². The van der Waals surface area contributed by atoms with Crippen LogP contribution in [0.3, 0.4) is 0 Å². The first kappa shape index (κ1) is 11.3. The van der Waals surface area contributed by atoms with Gasteiger partial charge in [-0.25, -0.2) is 4.79 Å². The third-order valence-corrected chi connectivity index (χ3v) is 6.24. The van der Waals surface area contributed by atoms with Crippen molar-refractivity contribution in [3.05, 3.63) is 11.5 Å². The van der Waals surface area contributed by atoms with E-state index in [1.54, 1.807) is 0 Å². The number of carboxylic acid groups (broad SMARTS) is 1. The van der Waals surface area contributed by atoms with Gasteiger partial charge in [0.2, 0.25) is 0 Å². The van der Waals surface area contributed by atoms with Crippen LogP contribution in [0.5, 0.6) is 0 Å². The summed E-state index contributed by atoms with van der Waals surface area (Å²) in [6.07, 6.45) is 0. The maximum atomic E-state index is 11.7. The summed E-state index contributed by atoms with van der Waals surface area (Å²) in [7, 11) is -1.56. The van der Waals surface area contributed by atoms with Crippen molar-refractivity contribution >= 4 is 54.5 Å². The summed E-state index contributed by atoms with van der Waals surface area (Å²) >= 11 is 6.16. The summed E-state index contributed by atoms with van der Waals surface area (Å²) in [4.78, 5) is 23.6. The highest BCUT2D eigenvalue weighted by molar-refractivity contribution is 9.26. The molecule has 1 N–H and O–H groups in total. The fourth-order valence-electron chi connectivity index (χ4n) is 1.65. The number of aliphatic carboxylic acids is 1. The number of hydrogen-bond acceptors (Lipinski definition) is 3. The van der Waals surface area contributed by atoms with Gasteiger partial charge in [-0.15, -0.1) is 0 Å². The van der Waals surface area contributed by atoms with Crippen LogP contribution in [0.4, 0.5) is 0 Å². The van der Waals surface area contributed by atoms with Crippen molar-refractivity contribution in [2.75, 3.05) is 0 Å². The number of nitrogens with zero attached hydrogens (tertiary/aromatic N) is 1. The molecule has 15 heavy (non-hydrogen) atoms. The van der Waals surface area contributed by atoms with E-state index >= 15 is 0 Å². The average molecular weight is 359 g/mol. The number of carbonyl (C=O) groups is 2. The normalized spacial score (nSPS) is 37.5. The summed E-state index contributed by atoms with van der Waals surface area (Å²) in [6, 6.07) is -1.17. The van der Waals surface area contributed by atoms with E-state index in [1.807, 2.05) is 0 Å². The Kier molecular flexibility index (Phi) is 2.36. The van der Waals surface area contributed by atoms with Crippen LogP contribution >= 0.6 is 31.9 Å². The van der Waals surface area contributed by atoms with Crippen LogP contribution < -0.4 is 0 Å². The molecular formula is C7H5Br2NO4S. The van der Waals surface area contributed by atoms with Crippen molar-refractivity contribution in [1.82, 2.24) is 4.90 Å². The van der Waals surface area contributed by atoms with Crippen molar-refractivity contribution in [1.29, 1.82) is 0 Å². The highest BCUT2D eigenvalue weighted by Crippen LogP contribution is 2.52. The molecule has 2 aliphatic heterocycles. The van der Waals surface area contributed by atoms with E-state index < -0.39 is 37.3 Å². The quantitative estimate of drug-likeness (QED) is 0.543. The van der Waals surface area contributed by atoms with E-state index in [9.17, 15) is 13.8 Å². The van der Waals surface area contributed by atoms with Gasteiger partial charge in [0.1, 0.15) is 5.37 Å². The van der Waals surface area contributed by atoms with E-state index in [0.29, 0.717) is 0 Å². The fraction of sp³-hybridized carbons (Fsp3) is 0.429. The Bertz CT molecular complexity index is 421. The van der Waals surface area contributed by atoms with Crippen molar-refractivity contribution in [3.8, 4) is 0 Å². The van der Waals surface area contributed by atoms with Crippen LogP contribution in [0.2, 0.25) is 0 Å². The summed E-state index contributed by atoms with van der Waals surface area (Å²) in [5.41, 5.74) is 0. The molecule has 0 aromatic heterocycles. The molecule has 0 aromatic carbocycles. The summed E-state index contributed by atoms with van der Waals surface area (Å²) in [5, 5.41) is 8.20. The molecule has 0 bridgehead atoms. The number of halogens is 2. The maximum absolute atomic E-state index is 11.7. The molecule has 2 rings (SSSR count). The number of carboxylic acids is 1. The minimum absolute atomic E-state index is 0.0571. The molecule has 2 fully saturated rings. The zero-order chi connectivity index (χ0) is 11.5. The van der Waals surface area contributed by atoms with Crippen molar-refractivity contribution in [3.63, 3.8) is 0 Å². The van der Waals surface area contributed by atoms with Crippen LogP contribution in [0.15, 0.2) is 11.5 Å². The Morgan fingerprint density at radius 1 is 1.60 bits per heavy atom. The van der Waals surface area contributed by atoms with Crippen LogP contribution in [-0.2, 0) is 20.4 Å². The maximum Gasteiger partial charge on any atom is 0.331 e. The number of rotatable bonds is 1. The first-order valence-electron chi connectivity index (χ1n) is 3.83. The SMILES string of the molecule is C=C1C(C(=O)O)N2C(=O)C(Br)(Br)C2S1=O. The first-order chi connectivity index (χ1) is 6.80. The third kappa shape index (κ3) is 1.21. The monoisotopic (exact) mass is 357 g/mol. The van der Waals surface area contributed by atoms with Crippen molar-refractivity contribution in [2.24, 2.45) is 0 Å². The van der Waals surface area contributed by atoms with E-state index in [4.69, 9.17) is 5.11 Å². The molecule has 0 spiro atoms. The molecule has 0 saturated carbocycles. The Morgan fingerprint density at radius 2 is 2.13 bits per heavy atom. The highest BCUT2D eigenvalue weighted by Gasteiger charge is 2.69. The lowest BCUT2D eigenvalue weighted by atomic mass is 10.1. The third-order valence-electron chi connectivity index (χ3n) is 2.36. The van der Waals surface area contributed by atoms with Gasteiger partial charge in [-0.2, -0.15) is 0 Å². The minimum atomic E-state index is -1.56. The lowest BCUT2D eigenvalue weighted by molar-refractivity contribution is -0.154. The van der Waals surface area contributed by atoms with Crippen molar-refractivity contribution < 1.29 is 18.9 Å². The number of carbonyl (C=O) groups excluding carboxylic acids is 1. The van der Waals surface area contributed by atoms with Gasteiger partial charge >= 0.3 is 5.97 Å². The second-order valence-corrected chi connectivity index (χ2v) is 8.32. The largest absolute Gasteiger partial charge is 0.479 e. The molecule has 8 heteroatoms. The average Bonchev–Trinajstić information content (AvgIpc) is 2.38. The Labute approximate surface area is 104 Å². The fourth-order valence-corrected chi connectivity index (χ4v) is 5.03. The van der Waals surface area contributed by atoms with Gasteiger partial charge in [-0.1, -0.05) is 38.4 Å². The number of fused-ring (bicyclic) bond motifs is 1. The van der Waals surface area contributed by atoms with Gasteiger partial charge in [0.15, 0.2) is 9.28 Å². The van der Waals surface area contributed by atoms with Crippen molar-refractivity contribution in [2.45, 2.75) is 14.6 Å². The lowest BCUT2D eigenvalue weighted by Gasteiger charge is -2.45. The van der Waals surface area contributed by atoms with Crippen LogP contribution in [0, 0.1) is 0 Å². The van der Waals surface area contributed by atoms with Crippen LogP contribution in [0.1, 0.15) is 0 Å². The Hall–Kier alpha value is -0.210. The zero-order valence-electron chi connectivity index (χ0n) is 7.15. The zero-order valence-corrected chi connectivity index (χ0v) is 11.1. The highest BCUT2D eigenvalue weighted by atomic mass is 79.9. The Morgan fingerprint density at radius 3 is 2.60 bits per heavy atom. The van der Waals surface area contributed by atoms with Crippen LogP contribution in [-0.4, -0.2) is 40.7 Å². The molecule has 3 atom stereocenters. The molecule has 1 amide bonds. The molecule has 2 heterocycles. The molecule has 0 aromatic rings. The first-order valence-corrected chi connectivity index (χ1v) is 6.62. The standard InChI is InChI=1S/C7H5Br2NO4S/c1-2-3(4(11)12)10-5(13)7(8,9)6(10)15(2)14/h3,6H,1H2,(H,11,12). The minimum Gasteiger partial charge on any atom is -0.479 e. The molecule has 82 valence electrons. The van der Waals surface area contributed by atoms with Crippen LogP contribution in [0.25, 0.3) is 0 Å². The smallest absolute Gasteiger partial charge is 0.331 e. The number of β-lactam (4-membered cyclic amide) rings is 1. The summed E-state index contributed by atoms with van der Waals surface area (Å²) < 4.78 is 10.6. The molecule has 0 aliphatic carbocycles. The van der Waals surface area contributed by atoms with E-state index in [2.05, 4.69) is 38.4 Å². The molecule has 5 nitrogen and oxygen atoms in total. The topological polar surface area (TPSA) is 74.7 Å². The Balaban J connectivity index is 2.45. The van der Waals surface area contributed by atoms with Gasteiger partial charge in [0, 0.05) is 4.91 Å². The predicted octanol–water partition coefficient (Wildman–Crippen LogP) is 0.370. The van der Waals surface area contributed by atoms with Gasteiger partial charge in [0.25, 0.3) is 5.91 Å². The second kappa shape index (κ2) is 3.14. The second-order valence-electron chi connectivity index (χ2n) is 3.19. The van der Waals surface area contributed by atoms with Gasteiger partial charge in [0.05, 0.1) is 10.8 Å². The van der Waals surface area contributed by atoms with Gasteiger partial charge in [-0.3, -0.25) is 9.00 Å². The summed E-state index contributed by atoms with van der Waals surface area (Å²) in [6.45, 7) is 3.46. The molecule has 0 radical (unpaired) electrons. The van der Waals surface area contributed by atoms with Gasteiger partial charge in [-0.05, 0) is 0 Å². The van der Waals surface area contributed by atoms with E-state index in [-0.39, 0.29) is 4.91 Å². The number of amides is 1. The molecule has 2 saturated heterocycles. The molecule has 3 unspecified atom stereocenters. The molecule has 2 aliphatic rings. The number of hydrogen-bond donors (Lipinski definition) is 1. The van der Waals surface area contributed by atoms with E-state index in [0.717, 1.165) is 4.90 Å². The summed E-state index contributed by atoms with van der Waals surface area (Å²) in [5.74, 6) is -1.65. The predicted molar refractivity (Wildman–Crippen MR) is 59.9 cm³/mol. The van der Waals surface area contributed by atoms with Gasteiger partial charge < -0.3 is 10.0 Å².